The number of nitrogens with zero attached hydrogens (tertiary/aromatic N) is 5. The van der Waals surface area contributed by atoms with Crippen molar-refractivity contribution in [2.45, 2.75) is 52.9 Å². The van der Waals surface area contributed by atoms with Gasteiger partial charge in [0.1, 0.15) is 12.4 Å². The van der Waals surface area contributed by atoms with Crippen molar-refractivity contribution in [1.82, 2.24) is 24.6 Å². The van der Waals surface area contributed by atoms with Crippen LogP contribution in [0.4, 0.5) is 0 Å². The van der Waals surface area contributed by atoms with Crippen molar-refractivity contribution < 1.29 is 4.74 Å². The number of aryl methyl sites for hydroxylation is 1. The third kappa shape index (κ3) is 3.59. The Morgan fingerprint density at radius 2 is 2.17 bits per heavy atom. The predicted octanol–water partition coefficient (Wildman–Crippen LogP) is 1.96. The number of hydrogen-bond acceptors (Lipinski definition) is 5. The van der Waals surface area contributed by atoms with E-state index in [9.17, 15) is 0 Å². The quantitative estimate of drug-likeness (QED) is 0.844. The molecule has 0 N–H and O–H groups in total. The van der Waals surface area contributed by atoms with Gasteiger partial charge in [-0.3, -0.25) is 9.88 Å². The van der Waals surface area contributed by atoms with Crippen LogP contribution in [0, 0.1) is 6.92 Å². The third-order valence-corrected chi connectivity index (χ3v) is 4.52. The molecular weight excluding hydrogens is 290 g/mol. The molecule has 1 aliphatic rings. The molecule has 0 fully saturated rings. The van der Waals surface area contributed by atoms with Crippen LogP contribution in [0.5, 0.6) is 0 Å². The number of aromatic nitrogens is 4. The molecule has 0 aliphatic carbocycles. The fraction of sp³-hybridized carbons (Fsp3) is 0.588. The maximum absolute atomic E-state index is 5.50. The molecule has 6 heteroatoms. The Morgan fingerprint density at radius 1 is 1.30 bits per heavy atom. The van der Waals surface area contributed by atoms with Gasteiger partial charge in [0.15, 0.2) is 5.82 Å². The number of pyridine rings is 1. The van der Waals surface area contributed by atoms with Crippen LogP contribution >= 0.6 is 0 Å². The highest BCUT2D eigenvalue weighted by Crippen LogP contribution is 2.18. The van der Waals surface area contributed by atoms with E-state index < -0.39 is 0 Å². The minimum absolute atomic E-state index is 0.418. The highest BCUT2D eigenvalue weighted by Gasteiger charge is 2.24. The Morgan fingerprint density at radius 3 is 2.96 bits per heavy atom. The normalized spacial score (nSPS) is 18.7. The molecular formula is C17H25N5O. The average molecular weight is 315 g/mol. The Kier molecular flexibility index (Phi) is 5.03. The molecule has 2 aromatic heterocycles. The first-order chi connectivity index (χ1) is 11.2. The molecule has 23 heavy (non-hydrogen) atoms. The van der Waals surface area contributed by atoms with Crippen molar-refractivity contribution in [2.75, 3.05) is 13.2 Å². The maximum Gasteiger partial charge on any atom is 0.159 e. The summed E-state index contributed by atoms with van der Waals surface area (Å²) < 4.78 is 7.72. The molecule has 0 saturated carbocycles. The first-order valence-corrected chi connectivity index (χ1v) is 8.32. The van der Waals surface area contributed by atoms with E-state index >= 15 is 0 Å². The van der Waals surface area contributed by atoms with Crippen molar-refractivity contribution in [3.63, 3.8) is 0 Å². The molecule has 0 radical (unpaired) electrons. The van der Waals surface area contributed by atoms with E-state index in [0.29, 0.717) is 19.3 Å². The fourth-order valence-corrected chi connectivity index (χ4v) is 3.03. The van der Waals surface area contributed by atoms with Gasteiger partial charge in [-0.2, -0.15) is 0 Å². The monoisotopic (exact) mass is 315 g/mol. The van der Waals surface area contributed by atoms with Gasteiger partial charge in [-0.15, -0.1) is 10.2 Å². The largest absolute Gasteiger partial charge is 0.374 e. The topological polar surface area (TPSA) is 56.1 Å². The van der Waals surface area contributed by atoms with E-state index in [0.717, 1.165) is 43.4 Å². The molecule has 0 amide bonds. The van der Waals surface area contributed by atoms with Gasteiger partial charge in [0.05, 0.1) is 5.69 Å². The summed E-state index contributed by atoms with van der Waals surface area (Å²) in [7, 11) is 0. The highest BCUT2D eigenvalue weighted by molar-refractivity contribution is 5.17. The molecule has 0 bridgehead atoms. The molecule has 0 unspecified atom stereocenters. The van der Waals surface area contributed by atoms with Crippen molar-refractivity contribution in [1.29, 1.82) is 0 Å². The summed E-state index contributed by atoms with van der Waals surface area (Å²) in [6, 6.07) is 4.54. The number of hydrogen-bond donors (Lipinski definition) is 0. The number of fused-ring (bicyclic) bond motifs is 1. The lowest BCUT2D eigenvalue weighted by molar-refractivity contribution is 0.124. The van der Waals surface area contributed by atoms with Gasteiger partial charge >= 0.3 is 0 Å². The van der Waals surface area contributed by atoms with E-state index in [1.54, 1.807) is 0 Å². The summed E-state index contributed by atoms with van der Waals surface area (Å²) in [6.07, 6.45) is 2.78. The molecule has 0 aromatic carbocycles. The zero-order valence-electron chi connectivity index (χ0n) is 14.2. The minimum Gasteiger partial charge on any atom is -0.374 e. The lowest BCUT2D eigenvalue weighted by atomic mass is 10.1. The van der Waals surface area contributed by atoms with Crippen LogP contribution in [-0.4, -0.2) is 43.8 Å². The van der Waals surface area contributed by atoms with Gasteiger partial charge in [0.25, 0.3) is 0 Å². The second kappa shape index (κ2) is 7.19. The highest BCUT2D eigenvalue weighted by atomic mass is 16.5. The summed E-state index contributed by atoms with van der Waals surface area (Å²) in [4.78, 5) is 7.02. The maximum atomic E-state index is 5.50. The van der Waals surface area contributed by atoms with Crippen molar-refractivity contribution in [2.24, 2.45) is 0 Å². The molecule has 6 nitrogen and oxygen atoms in total. The fourth-order valence-electron chi connectivity index (χ4n) is 3.03. The lowest BCUT2D eigenvalue weighted by Gasteiger charge is -2.26. The van der Waals surface area contributed by atoms with Crippen molar-refractivity contribution in [3.05, 3.63) is 41.2 Å². The predicted molar refractivity (Wildman–Crippen MR) is 87.9 cm³/mol. The van der Waals surface area contributed by atoms with Gasteiger partial charge in [0.2, 0.25) is 0 Å². The molecule has 0 saturated heterocycles. The molecule has 3 heterocycles. The number of ether oxygens (including phenoxy) is 1. The summed E-state index contributed by atoms with van der Waals surface area (Å²) >= 11 is 0. The van der Waals surface area contributed by atoms with Gasteiger partial charge in [-0.05, 0) is 32.4 Å². The lowest BCUT2D eigenvalue weighted by Crippen LogP contribution is -2.34. The molecule has 3 rings (SSSR count). The van der Waals surface area contributed by atoms with Gasteiger partial charge in [-0.25, -0.2) is 0 Å². The molecule has 1 aliphatic heterocycles. The van der Waals surface area contributed by atoms with Crippen LogP contribution in [0.1, 0.15) is 36.8 Å². The third-order valence-electron chi connectivity index (χ3n) is 4.52. The van der Waals surface area contributed by atoms with E-state index in [-0.39, 0.29) is 0 Å². The Labute approximate surface area is 137 Å². The van der Waals surface area contributed by atoms with Crippen molar-refractivity contribution >= 4 is 0 Å². The second-order valence-corrected chi connectivity index (χ2v) is 6.11. The zero-order valence-corrected chi connectivity index (χ0v) is 14.2. The van der Waals surface area contributed by atoms with Crippen LogP contribution in [0.15, 0.2) is 18.3 Å². The molecule has 0 spiro atoms. The summed E-state index contributed by atoms with van der Waals surface area (Å²) in [5, 5.41) is 8.66. The van der Waals surface area contributed by atoms with Gasteiger partial charge in [-0.1, -0.05) is 6.07 Å². The SMILES string of the molecule is CCOCc1nnc2n1CCN(Cc1ncccc1C)[C@@H](C)C2. The average Bonchev–Trinajstić information content (AvgIpc) is 2.85. The van der Waals surface area contributed by atoms with Crippen LogP contribution in [0.25, 0.3) is 0 Å². The van der Waals surface area contributed by atoms with Crippen LogP contribution in [0.2, 0.25) is 0 Å². The molecule has 124 valence electrons. The smallest absolute Gasteiger partial charge is 0.159 e. The summed E-state index contributed by atoms with van der Waals surface area (Å²) in [5.74, 6) is 2.00. The van der Waals surface area contributed by atoms with Crippen LogP contribution in [0.3, 0.4) is 0 Å². The Balaban J connectivity index is 1.73. The first kappa shape index (κ1) is 16.1. The van der Waals surface area contributed by atoms with Crippen LogP contribution < -0.4 is 0 Å². The van der Waals surface area contributed by atoms with Crippen molar-refractivity contribution in [3.8, 4) is 0 Å². The van der Waals surface area contributed by atoms with Gasteiger partial charge < -0.3 is 9.30 Å². The second-order valence-electron chi connectivity index (χ2n) is 6.11. The van der Waals surface area contributed by atoms with E-state index in [1.165, 1.54) is 5.56 Å². The zero-order chi connectivity index (χ0) is 16.2. The van der Waals surface area contributed by atoms with Gasteiger partial charge in [0, 0.05) is 44.9 Å². The summed E-state index contributed by atoms with van der Waals surface area (Å²) in [5.41, 5.74) is 2.41. The minimum atomic E-state index is 0.418. The number of rotatable bonds is 5. The molecule has 1 atom stereocenters. The van der Waals surface area contributed by atoms with E-state index in [2.05, 4.69) is 44.6 Å². The Bertz CT molecular complexity index is 654. The Hall–Kier alpha value is -1.79. The van der Waals surface area contributed by atoms with Crippen LogP contribution in [-0.2, 0) is 30.9 Å². The standard InChI is InChI=1S/C17H25N5O/c1-4-23-12-17-20-19-16-10-14(3)21(8-9-22(16)17)11-15-13(2)6-5-7-18-15/h5-7,14H,4,8-12H2,1-3H3/t14-/m0/s1. The van der Waals surface area contributed by atoms with E-state index in [1.807, 2.05) is 19.2 Å². The van der Waals surface area contributed by atoms with E-state index in [4.69, 9.17) is 4.74 Å². The first-order valence-electron chi connectivity index (χ1n) is 8.32. The molecule has 2 aromatic rings. The summed E-state index contributed by atoms with van der Waals surface area (Å²) in [6.45, 7) is 10.4.